The van der Waals surface area contributed by atoms with Crippen molar-refractivity contribution >= 4 is 0 Å². The maximum atomic E-state index is 6.01. The van der Waals surface area contributed by atoms with Crippen molar-refractivity contribution in [1.29, 1.82) is 0 Å². The molecule has 4 N–H and O–H groups in total. The maximum Gasteiger partial charge on any atom is 0.00877 e. The normalized spacial score (nSPS) is 19.2. The summed E-state index contributed by atoms with van der Waals surface area (Å²) >= 11 is 0. The lowest BCUT2D eigenvalue weighted by Gasteiger charge is -2.23. The second-order valence-corrected chi connectivity index (χ2v) is 4.35. The number of nitrogens with two attached hydrogens (primary N) is 2. The zero-order valence-corrected chi connectivity index (χ0v) is 8.88. The van der Waals surface area contributed by atoms with E-state index in [1.54, 1.807) is 0 Å². The molecule has 0 aliphatic rings. The van der Waals surface area contributed by atoms with E-state index in [0.717, 1.165) is 12.8 Å². The molecule has 74 valence electrons. The van der Waals surface area contributed by atoms with E-state index in [2.05, 4.69) is 20.8 Å². The van der Waals surface area contributed by atoms with E-state index in [4.69, 9.17) is 11.5 Å². The van der Waals surface area contributed by atoms with E-state index in [1.807, 2.05) is 6.92 Å². The molecule has 0 aromatic rings. The largest absolute Gasteiger partial charge is 0.328 e. The lowest BCUT2D eigenvalue weighted by molar-refractivity contribution is 0.333. The summed E-state index contributed by atoms with van der Waals surface area (Å²) in [5.74, 6) is 1.17. The molecule has 0 aromatic heterocycles. The minimum absolute atomic E-state index is 0.312. The van der Waals surface area contributed by atoms with Crippen LogP contribution in [0.5, 0.6) is 0 Å². The Morgan fingerprint density at radius 2 is 1.42 bits per heavy atom. The predicted octanol–water partition coefficient (Wildman–Crippen LogP) is 1.73. The van der Waals surface area contributed by atoms with Crippen LogP contribution in [-0.2, 0) is 0 Å². The average molecular weight is 172 g/mol. The lowest BCUT2D eigenvalue weighted by Crippen LogP contribution is -2.34. The van der Waals surface area contributed by atoms with Gasteiger partial charge in [0.05, 0.1) is 0 Å². The van der Waals surface area contributed by atoms with E-state index in [0.29, 0.717) is 23.9 Å². The molecule has 3 unspecified atom stereocenters. The lowest BCUT2D eigenvalue weighted by atomic mass is 9.88. The van der Waals surface area contributed by atoms with Gasteiger partial charge >= 0.3 is 0 Å². The van der Waals surface area contributed by atoms with Gasteiger partial charge < -0.3 is 11.5 Å². The highest BCUT2D eigenvalue weighted by atomic mass is 14.7. The van der Waals surface area contributed by atoms with Gasteiger partial charge in [-0.05, 0) is 31.6 Å². The van der Waals surface area contributed by atoms with Crippen LogP contribution in [-0.4, -0.2) is 12.1 Å². The molecule has 0 bridgehead atoms. The van der Waals surface area contributed by atoms with Crippen LogP contribution in [0.1, 0.15) is 40.5 Å². The van der Waals surface area contributed by atoms with Gasteiger partial charge in [-0.2, -0.15) is 0 Å². The van der Waals surface area contributed by atoms with Crippen LogP contribution in [0.25, 0.3) is 0 Å². The van der Waals surface area contributed by atoms with E-state index in [-0.39, 0.29) is 0 Å². The van der Waals surface area contributed by atoms with Crippen LogP contribution in [0, 0.1) is 11.8 Å². The second-order valence-electron chi connectivity index (χ2n) is 4.35. The molecule has 0 rings (SSSR count). The first kappa shape index (κ1) is 11.9. The van der Waals surface area contributed by atoms with E-state index in [9.17, 15) is 0 Å². The summed E-state index contributed by atoms with van der Waals surface area (Å²) in [4.78, 5) is 0. The smallest absolute Gasteiger partial charge is 0.00877 e. The van der Waals surface area contributed by atoms with Gasteiger partial charge in [0, 0.05) is 12.1 Å². The van der Waals surface area contributed by atoms with Crippen molar-refractivity contribution in [1.82, 2.24) is 0 Å². The van der Waals surface area contributed by atoms with Gasteiger partial charge in [0.2, 0.25) is 0 Å². The minimum Gasteiger partial charge on any atom is -0.328 e. The molecule has 0 saturated carbocycles. The molecule has 0 amide bonds. The Bertz CT molecular complexity index is 110. The van der Waals surface area contributed by atoms with E-state index >= 15 is 0 Å². The van der Waals surface area contributed by atoms with Crippen LogP contribution < -0.4 is 11.5 Å². The summed E-state index contributed by atoms with van der Waals surface area (Å²) in [5.41, 5.74) is 11.7. The predicted molar refractivity (Wildman–Crippen MR) is 54.9 cm³/mol. The highest BCUT2D eigenvalue weighted by Crippen LogP contribution is 2.15. The molecule has 3 atom stereocenters. The fraction of sp³-hybridized carbons (Fsp3) is 1.00. The van der Waals surface area contributed by atoms with E-state index < -0.39 is 0 Å². The molecule has 2 heteroatoms. The third kappa shape index (κ3) is 4.73. The minimum atomic E-state index is 0.312. The SMILES string of the molecule is CC(N)CCC(C)C(N)C(C)C. The van der Waals surface area contributed by atoms with Gasteiger partial charge in [-0.3, -0.25) is 0 Å². The van der Waals surface area contributed by atoms with Gasteiger partial charge in [-0.1, -0.05) is 20.8 Å². The van der Waals surface area contributed by atoms with Crippen LogP contribution in [0.3, 0.4) is 0 Å². The Kier molecular flexibility index (Phi) is 5.51. The van der Waals surface area contributed by atoms with Gasteiger partial charge in [0.15, 0.2) is 0 Å². The summed E-state index contributed by atoms with van der Waals surface area (Å²) in [6.45, 7) is 8.61. The van der Waals surface area contributed by atoms with E-state index in [1.165, 1.54) is 0 Å². The van der Waals surface area contributed by atoms with Crippen molar-refractivity contribution in [2.45, 2.75) is 52.6 Å². The molecule has 0 saturated heterocycles. The van der Waals surface area contributed by atoms with Crippen molar-refractivity contribution in [3.05, 3.63) is 0 Å². The topological polar surface area (TPSA) is 52.0 Å². The molecule has 0 fully saturated rings. The molecule has 12 heavy (non-hydrogen) atoms. The molecule has 0 aliphatic heterocycles. The fourth-order valence-corrected chi connectivity index (χ4v) is 1.38. The molecule has 0 aliphatic carbocycles. The van der Waals surface area contributed by atoms with Crippen molar-refractivity contribution in [3.63, 3.8) is 0 Å². The first-order chi connectivity index (χ1) is 5.45. The van der Waals surface area contributed by atoms with Crippen LogP contribution in [0.15, 0.2) is 0 Å². The Morgan fingerprint density at radius 3 is 1.75 bits per heavy atom. The number of rotatable bonds is 5. The zero-order chi connectivity index (χ0) is 9.72. The number of hydrogen-bond donors (Lipinski definition) is 2. The summed E-state index contributed by atoms with van der Waals surface area (Å²) < 4.78 is 0. The summed E-state index contributed by atoms with van der Waals surface area (Å²) in [7, 11) is 0. The highest BCUT2D eigenvalue weighted by molar-refractivity contribution is 4.73. The van der Waals surface area contributed by atoms with Gasteiger partial charge in [0.25, 0.3) is 0 Å². The van der Waals surface area contributed by atoms with Crippen molar-refractivity contribution in [2.75, 3.05) is 0 Å². The second kappa shape index (κ2) is 5.55. The molecule has 2 nitrogen and oxygen atoms in total. The van der Waals surface area contributed by atoms with Crippen LogP contribution in [0.2, 0.25) is 0 Å². The summed E-state index contributed by atoms with van der Waals surface area (Å²) in [5, 5.41) is 0. The standard InChI is InChI=1S/C10H24N2/c1-7(2)10(12)8(3)5-6-9(4)11/h7-10H,5-6,11-12H2,1-4H3. The monoisotopic (exact) mass is 172 g/mol. The average Bonchev–Trinajstić information content (AvgIpc) is 1.98. The Morgan fingerprint density at radius 1 is 0.917 bits per heavy atom. The third-order valence-electron chi connectivity index (χ3n) is 2.50. The van der Waals surface area contributed by atoms with Crippen LogP contribution >= 0.6 is 0 Å². The quantitative estimate of drug-likeness (QED) is 0.663. The van der Waals surface area contributed by atoms with Crippen molar-refractivity contribution in [2.24, 2.45) is 23.3 Å². The molecule has 0 aromatic carbocycles. The molecule has 0 radical (unpaired) electrons. The van der Waals surface area contributed by atoms with Crippen molar-refractivity contribution in [3.8, 4) is 0 Å². The molecule has 0 spiro atoms. The van der Waals surface area contributed by atoms with Crippen molar-refractivity contribution < 1.29 is 0 Å². The molecule has 0 heterocycles. The Balaban J connectivity index is 3.64. The third-order valence-corrected chi connectivity index (χ3v) is 2.50. The summed E-state index contributed by atoms with van der Waals surface area (Å²) in [6.07, 6.45) is 2.23. The first-order valence-corrected chi connectivity index (χ1v) is 4.96. The van der Waals surface area contributed by atoms with Crippen LogP contribution in [0.4, 0.5) is 0 Å². The fourth-order valence-electron chi connectivity index (χ4n) is 1.38. The zero-order valence-electron chi connectivity index (χ0n) is 8.88. The number of hydrogen-bond acceptors (Lipinski definition) is 2. The molecular weight excluding hydrogens is 148 g/mol. The Hall–Kier alpha value is -0.0800. The highest BCUT2D eigenvalue weighted by Gasteiger charge is 2.15. The van der Waals surface area contributed by atoms with Gasteiger partial charge in [-0.25, -0.2) is 0 Å². The first-order valence-electron chi connectivity index (χ1n) is 4.96. The Labute approximate surface area is 76.7 Å². The maximum absolute atomic E-state index is 6.01. The van der Waals surface area contributed by atoms with Gasteiger partial charge in [-0.15, -0.1) is 0 Å². The molecular formula is C10H24N2. The summed E-state index contributed by atoms with van der Waals surface area (Å²) in [6, 6.07) is 0.635. The van der Waals surface area contributed by atoms with Gasteiger partial charge in [0.1, 0.15) is 0 Å².